The second-order valence-corrected chi connectivity index (χ2v) is 4.86. The van der Waals surface area contributed by atoms with Gasteiger partial charge in [0.25, 0.3) is 0 Å². The zero-order valence-electron chi connectivity index (χ0n) is 11.5. The van der Waals surface area contributed by atoms with Gasteiger partial charge in [0.1, 0.15) is 5.75 Å². The number of rotatable bonds is 6. The first-order valence-corrected chi connectivity index (χ1v) is 6.20. The minimum atomic E-state index is -1.07. The number of nitrogens with two attached hydrogens (primary N) is 1. The SMILES string of the molecule is COc1ccc(C(C)C)cc1C(O)C(N)CC(=O)O. The number of hydrogen-bond acceptors (Lipinski definition) is 4. The summed E-state index contributed by atoms with van der Waals surface area (Å²) in [4.78, 5) is 10.7. The van der Waals surface area contributed by atoms with Crippen molar-refractivity contribution >= 4 is 5.97 Å². The van der Waals surface area contributed by atoms with Crippen LogP contribution in [-0.2, 0) is 4.79 Å². The minimum Gasteiger partial charge on any atom is -0.496 e. The van der Waals surface area contributed by atoms with E-state index in [4.69, 9.17) is 15.6 Å². The van der Waals surface area contributed by atoms with Crippen LogP contribution in [0, 0.1) is 0 Å². The third-order valence-electron chi connectivity index (χ3n) is 3.05. The normalized spacial score (nSPS) is 14.2. The number of carboxylic acids is 1. The van der Waals surface area contributed by atoms with E-state index < -0.39 is 18.1 Å². The lowest BCUT2D eigenvalue weighted by atomic mass is 9.94. The smallest absolute Gasteiger partial charge is 0.305 e. The van der Waals surface area contributed by atoms with E-state index in [0.717, 1.165) is 5.56 Å². The Bertz CT molecular complexity index is 445. The maximum Gasteiger partial charge on any atom is 0.305 e. The predicted molar refractivity (Wildman–Crippen MR) is 72.3 cm³/mol. The van der Waals surface area contributed by atoms with E-state index in [-0.39, 0.29) is 6.42 Å². The lowest BCUT2D eigenvalue weighted by Crippen LogP contribution is -2.31. The lowest BCUT2D eigenvalue weighted by molar-refractivity contribution is -0.138. The highest BCUT2D eigenvalue weighted by molar-refractivity contribution is 5.67. The van der Waals surface area contributed by atoms with Crippen LogP contribution in [0.5, 0.6) is 5.75 Å². The molecule has 0 aliphatic carbocycles. The molecular formula is C14H21NO4. The Morgan fingerprint density at radius 3 is 2.53 bits per heavy atom. The van der Waals surface area contributed by atoms with Crippen LogP contribution in [-0.4, -0.2) is 29.3 Å². The van der Waals surface area contributed by atoms with Crippen LogP contribution in [0.3, 0.4) is 0 Å². The van der Waals surface area contributed by atoms with E-state index in [2.05, 4.69) is 0 Å². The van der Waals surface area contributed by atoms with E-state index in [1.807, 2.05) is 26.0 Å². The van der Waals surface area contributed by atoms with Crippen LogP contribution in [0.1, 0.15) is 43.4 Å². The second kappa shape index (κ2) is 6.54. The molecule has 19 heavy (non-hydrogen) atoms. The maximum atomic E-state index is 10.7. The molecule has 0 fully saturated rings. The third-order valence-corrected chi connectivity index (χ3v) is 3.05. The van der Waals surface area contributed by atoms with Gasteiger partial charge in [-0.1, -0.05) is 19.9 Å². The van der Waals surface area contributed by atoms with Crippen molar-refractivity contribution in [2.45, 2.75) is 38.3 Å². The monoisotopic (exact) mass is 267 g/mol. The molecule has 0 aromatic heterocycles. The molecule has 0 spiro atoms. The van der Waals surface area contributed by atoms with Crippen LogP contribution >= 0.6 is 0 Å². The van der Waals surface area contributed by atoms with Crippen LogP contribution < -0.4 is 10.5 Å². The average molecular weight is 267 g/mol. The van der Waals surface area contributed by atoms with Crippen molar-refractivity contribution in [2.75, 3.05) is 7.11 Å². The zero-order valence-corrected chi connectivity index (χ0v) is 11.5. The highest BCUT2D eigenvalue weighted by Gasteiger charge is 2.23. The second-order valence-electron chi connectivity index (χ2n) is 4.86. The standard InChI is InChI=1S/C14H21NO4/c1-8(2)9-4-5-12(19-3)10(6-9)14(18)11(15)7-13(16)17/h4-6,8,11,14,18H,7,15H2,1-3H3,(H,16,17). The van der Waals surface area contributed by atoms with Gasteiger partial charge < -0.3 is 20.7 Å². The van der Waals surface area contributed by atoms with Gasteiger partial charge in [-0.25, -0.2) is 0 Å². The fourth-order valence-electron chi connectivity index (χ4n) is 1.89. The summed E-state index contributed by atoms with van der Waals surface area (Å²) in [6.07, 6.45) is -1.36. The maximum absolute atomic E-state index is 10.7. The molecule has 0 radical (unpaired) electrons. The van der Waals surface area contributed by atoms with Gasteiger partial charge >= 0.3 is 5.97 Å². The molecule has 5 heteroatoms. The summed E-state index contributed by atoms with van der Waals surface area (Å²) in [5.41, 5.74) is 7.28. The van der Waals surface area contributed by atoms with E-state index in [9.17, 15) is 9.90 Å². The molecule has 0 heterocycles. The van der Waals surface area contributed by atoms with E-state index in [0.29, 0.717) is 17.2 Å². The summed E-state index contributed by atoms with van der Waals surface area (Å²) < 4.78 is 5.19. The summed E-state index contributed by atoms with van der Waals surface area (Å²) in [6.45, 7) is 4.07. The van der Waals surface area contributed by atoms with E-state index >= 15 is 0 Å². The van der Waals surface area contributed by atoms with E-state index in [1.54, 1.807) is 6.07 Å². The van der Waals surface area contributed by atoms with Gasteiger partial charge in [0.15, 0.2) is 0 Å². The summed E-state index contributed by atoms with van der Waals surface area (Å²) in [5.74, 6) is -0.226. The molecule has 1 aromatic rings. The Hall–Kier alpha value is -1.59. The molecule has 0 aliphatic rings. The Labute approximate surface area is 113 Å². The Balaban J connectivity index is 3.08. The first-order valence-electron chi connectivity index (χ1n) is 6.20. The number of carbonyl (C=O) groups is 1. The first kappa shape index (κ1) is 15.5. The van der Waals surface area contributed by atoms with Gasteiger partial charge in [-0.15, -0.1) is 0 Å². The molecule has 2 atom stereocenters. The molecule has 0 aliphatic heterocycles. The number of ether oxygens (including phenoxy) is 1. The van der Waals surface area contributed by atoms with Crippen LogP contribution in [0.4, 0.5) is 0 Å². The third kappa shape index (κ3) is 3.94. The molecule has 2 unspecified atom stereocenters. The summed E-state index contributed by atoms with van der Waals surface area (Å²) in [6, 6.07) is 4.63. The van der Waals surface area contributed by atoms with Gasteiger partial charge in [0.2, 0.25) is 0 Å². The van der Waals surface area contributed by atoms with Crippen molar-refractivity contribution in [3.63, 3.8) is 0 Å². The number of benzene rings is 1. The largest absolute Gasteiger partial charge is 0.496 e. The van der Waals surface area contributed by atoms with Crippen molar-refractivity contribution in [1.82, 2.24) is 0 Å². The van der Waals surface area contributed by atoms with Crippen LogP contribution in [0.15, 0.2) is 18.2 Å². The molecule has 4 N–H and O–H groups in total. The molecule has 0 amide bonds. The van der Waals surface area contributed by atoms with Gasteiger partial charge in [0.05, 0.1) is 19.6 Å². The van der Waals surface area contributed by atoms with Gasteiger partial charge in [0, 0.05) is 11.6 Å². The number of carboxylic acid groups (broad SMARTS) is 1. The number of aliphatic carboxylic acids is 1. The molecule has 1 aromatic carbocycles. The summed E-state index contributed by atoms with van der Waals surface area (Å²) >= 11 is 0. The number of aliphatic hydroxyl groups is 1. The lowest BCUT2D eigenvalue weighted by Gasteiger charge is -2.21. The van der Waals surface area contributed by atoms with E-state index in [1.165, 1.54) is 7.11 Å². The molecule has 106 valence electrons. The van der Waals surface area contributed by atoms with Crippen molar-refractivity contribution in [1.29, 1.82) is 0 Å². The van der Waals surface area contributed by atoms with Gasteiger partial charge in [-0.05, 0) is 23.6 Å². The predicted octanol–water partition coefficient (Wildman–Crippen LogP) is 1.65. The summed E-state index contributed by atoms with van der Waals surface area (Å²) in [7, 11) is 1.50. The molecular weight excluding hydrogens is 246 g/mol. The quantitative estimate of drug-likeness (QED) is 0.728. The average Bonchev–Trinajstić information content (AvgIpc) is 2.36. The fourth-order valence-corrected chi connectivity index (χ4v) is 1.89. The molecule has 0 bridgehead atoms. The topological polar surface area (TPSA) is 92.8 Å². The molecule has 5 nitrogen and oxygen atoms in total. The van der Waals surface area contributed by atoms with Crippen molar-refractivity contribution in [3.8, 4) is 5.75 Å². The summed E-state index contributed by atoms with van der Waals surface area (Å²) in [5, 5.41) is 18.9. The number of aliphatic hydroxyl groups excluding tert-OH is 1. The first-order chi connectivity index (χ1) is 8.86. The molecule has 0 saturated carbocycles. The highest BCUT2D eigenvalue weighted by Crippen LogP contribution is 2.30. The van der Waals surface area contributed by atoms with Gasteiger partial charge in [-0.2, -0.15) is 0 Å². The van der Waals surface area contributed by atoms with Gasteiger partial charge in [-0.3, -0.25) is 4.79 Å². The van der Waals surface area contributed by atoms with Crippen LogP contribution in [0.2, 0.25) is 0 Å². The molecule has 0 saturated heterocycles. The Morgan fingerprint density at radius 1 is 1.42 bits per heavy atom. The highest BCUT2D eigenvalue weighted by atomic mass is 16.5. The number of methoxy groups -OCH3 is 1. The minimum absolute atomic E-state index is 0.295. The Kier molecular flexibility index (Phi) is 5.32. The zero-order chi connectivity index (χ0) is 14.6. The van der Waals surface area contributed by atoms with Crippen LogP contribution in [0.25, 0.3) is 0 Å². The Morgan fingerprint density at radius 2 is 2.05 bits per heavy atom. The number of hydrogen-bond donors (Lipinski definition) is 3. The van der Waals surface area contributed by atoms with Crippen molar-refractivity contribution in [3.05, 3.63) is 29.3 Å². The molecule has 1 rings (SSSR count). The fraction of sp³-hybridized carbons (Fsp3) is 0.500. The van der Waals surface area contributed by atoms with Crippen molar-refractivity contribution in [2.24, 2.45) is 5.73 Å². The van der Waals surface area contributed by atoms with Crippen molar-refractivity contribution < 1.29 is 19.7 Å².